The average Bonchev–Trinajstić information content (AvgIpc) is 2.93. The van der Waals surface area contributed by atoms with Crippen LogP contribution in [0.1, 0.15) is 53.9 Å². The number of piperidine rings is 1. The molecule has 0 unspecified atom stereocenters. The number of fused-ring (bicyclic) bond motifs is 2. The molecule has 0 amide bonds. The number of halogens is 1. The van der Waals surface area contributed by atoms with Crippen LogP contribution in [-0.4, -0.2) is 48.8 Å². The van der Waals surface area contributed by atoms with Crippen molar-refractivity contribution in [1.29, 1.82) is 0 Å². The Balaban J connectivity index is 0.00000272. The number of rotatable bonds is 8. The monoisotopic (exact) mass is 443 g/mol. The molecule has 4 rings (SSSR count). The van der Waals surface area contributed by atoms with Gasteiger partial charge in [-0.25, -0.2) is 0 Å². The molecular weight excluding hydrogens is 410 g/mol. The molecule has 0 saturated carbocycles. The van der Waals surface area contributed by atoms with Gasteiger partial charge in [0.25, 0.3) is 0 Å². The summed E-state index contributed by atoms with van der Waals surface area (Å²) in [5, 5.41) is 9.23. The molecular formula is C26H34ClNO3. The van der Waals surface area contributed by atoms with E-state index >= 15 is 0 Å². The lowest BCUT2D eigenvalue weighted by atomic mass is 9.86. The van der Waals surface area contributed by atoms with Gasteiger partial charge < -0.3 is 14.7 Å². The molecule has 168 valence electrons. The molecule has 1 aliphatic carbocycles. The number of hydrogen-bond donors (Lipinski definition) is 1. The molecule has 2 aromatic carbocycles. The topological polar surface area (TPSA) is 49.8 Å². The Morgan fingerprint density at radius 2 is 1.65 bits per heavy atom. The third kappa shape index (κ3) is 6.09. The van der Waals surface area contributed by atoms with Gasteiger partial charge in [-0.15, -0.1) is 12.4 Å². The minimum Gasteiger partial charge on any atom is -0.481 e. The molecule has 2 aromatic rings. The second-order valence-corrected chi connectivity index (χ2v) is 8.68. The third-order valence-electron chi connectivity index (χ3n) is 6.69. The Morgan fingerprint density at radius 1 is 1.00 bits per heavy atom. The van der Waals surface area contributed by atoms with Crippen molar-refractivity contribution in [1.82, 2.24) is 4.90 Å². The van der Waals surface area contributed by atoms with Gasteiger partial charge in [-0.3, -0.25) is 4.79 Å². The minimum absolute atomic E-state index is 0. The van der Waals surface area contributed by atoms with E-state index in [1.807, 2.05) is 0 Å². The first-order valence-electron chi connectivity index (χ1n) is 11.4. The Bertz CT molecular complexity index is 809. The van der Waals surface area contributed by atoms with Gasteiger partial charge in [0.2, 0.25) is 0 Å². The van der Waals surface area contributed by atoms with Crippen LogP contribution < -0.4 is 0 Å². The van der Waals surface area contributed by atoms with E-state index < -0.39 is 5.97 Å². The second kappa shape index (κ2) is 11.7. The van der Waals surface area contributed by atoms with Crippen LogP contribution in [-0.2, 0) is 22.4 Å². The van der Waals surface area contributed by atoms with Crippen molar-refractivity contribution in [2.45, 2.75) is 44.4 Å². The van der Waals surface area contributed by atoms with Crippen LogP contribution in [0.25, 0.3) is 0 Å². The van der Waals surface area contributed by atoms with Crippen LogP contribution in [0.2, 0.25) is 0 Å². The highest BCUT2D eigenvalue weighted by atomic mass is 35.5. The van der Waals surface area contributed by atoms with Gasteiger partial charge in [-0.2, -0.15) is 0 Å². The van der Waals surface area contributed by atoms with Crippen LogP contribution in [0.4, 0.5) is 0 Å². The number of nitrogens with zero attached hydrogens (tertiary/aromatic N) is 1. The van der Waals surface area contributed by atoms with Gasteiger partial charge in [0.05, 0.1) is 5.92 Å². The van der Waals surface area contributed by atoms with Crippen LogP contribution in [0, 0.1) is 5.92 Å². The summed E-state index contributed by atoms with van der Waals surface area (Å²) in [5.41, 5.74) is 5.85. The second-order valence-electron chi connectivity index (χ2n) is 8.68. The molecule has 5 heteroatoms. The molecule has 1 heterocycles. The number of benzene rings is 2. The van der Waals surface area contributed by atoms with Crippen molar-refractivity contribution in [3.05, 3.63) is 70.8 Å². The van der Waals surface area contributed by atoms with Gasteiger partial charge in [0.1, 0.15) is 0 Å². The number of aryl methyl sites for hydroxylation is 2. The van der Waals surface area contributed by atoms with E-state index in [1.165, 1.54) is 22.3 Å². The lowest BCUT2D eigenvalue weighted by Crippen LogP contribution is -2.39. The van der Waals surface area contributed by atoms with Crippen molar-refractivity contribution in [2.24, 2.45) is 5.92 Å². The lowest BCUT2D eigenvalue weighted by molar-refractivity contribution is -0.143. The minimum atomic E-state index is -0.653. The number of likely N-dealkylation sites (tertiary alicyclic amines) is 1. The highest BCUT2D eigenvalue weighted by molar-refractivity contribution is 5.85. The molecule has 1 aliphatic heterocycles. The molecule has 0 spiro atoms. The van der Waals surface area contributed by atoms with E-state index in [9.17, 15) is 9.90 Å². The maximum absolute atomic E-state index is 11.2. The summed E-state index contributed by atoms with van der Waals surface area (Å²) in [4.78, 5) is 13.5. The summed E-state index contributed by atoms with van der Waals surface area (Å²) >= 11 is 0. The number of carboxylic acid groups (broad SMARTS) is 1. The van der Waals surface area contributed by atoms with Crippen LogP contribution in [0.5, 0.6) is 0 Å². The molecule has 4 nitrogen and oxygen atoms in total. The van der Waals surface area contributed by atoms with Gasteiger partial charge >= 0.3 is 5.97 Å². The van der Waals surface area contributed by atoms with E-state index in [-0.39, 0.29) is 18.3 Å². The maximum Gasteiger partial charge on any atom is 0.307 e. The third-order valence-corrected chi connectivity index (χ3v) is 6.69. The summed E-state index contributed by atoms with van der Waals surface area (Å²) in [5.74, 6) is -0.451. The van der Waals surface area contributed by atoms with Gasteiger partial charge in [-0.05, 0) is 67.3 Å². The van der Waals surface area contributed by atoms with Gasteiger partial charge in [-0.1, -0.05) is 48.5 Å². The van der Waals surface area contributed by atoms with E-state index in [0.717, 1.165) is 64.8 Å². The number of carbonyl (C=O) groups is 1. The Morgan fingerprint density at radius 3 is 2.29 bits per heavy atom. The molecule has 2 aliphatic rings. The molecule has 1 saturated heterocycles. The zero-order chi connectivity index (χ0) is 20.8. The van der Waals surface area contributed by atoms with E-state index in [4.69, 9.17) is 4.74 Å². The highest BCUT2D eigenvalue weighted by Crippen LogP contribution is 2.36. The fourth-order valence-electron chi connectivity index (χ4n) is 5.11. The van der Waals surface area contributed by atoms with Gasteiger partial charge in [0.15, 0.2) is 0 Å². The number of carboxylic acids is 1. The average molecular weight is 444 g/mol. The number of hydrogen-bond acceptors (Lipinski definition) is 3. The molecule has 31 heavy (non-hydrogen) atoms. The van der Waals surface area contributed by atoms with E-state index in [0.29, 0.717) is 12.5 Å². The van der Waals surface area contributed by atoms with Crippen molar-refractivity contribution in [2.75, 3.05) is 32.8 Å². The van der Waals surface area contributed by atoms with Gasteiger partial charge in [0, 0.05) is 32.2 Å². The fourth-order valence-corrected chi connectivity index (χ4v) is 5.11. The van der Waals surface area contributed by atoms with Crippen LogP contribution >= 0.6 is 12.4 Å². The maximum atomic E-state index is 11.2. The number of ether oxygens (including phenoxy) is 1. The van der Waals surface area contributed by atoms with Crippen LogP contribution in [0.3, 0.4) is 0 Å². The first kappa shape index (κ1) is 23.8. The Kier molecular flexibility index (Phi) is 8.94. The molecule has 1 fully saturated rings. The van der Waals surface area contributed by atoms with Crippen molar-refractivity contribution in [3.63, 3.8) is 0 Å². The van der Waals surface area contributed by atoms with E-state index in [1.54, 1.807) is 0 Å². The smallest absolute Gasteiger partial charge is 0.307 e. The fraction of sp³-hybridized carbons (Fsp3) is 0.500. The van der Waals surface area contributed by atoms with Crippen molar-refractivity contribution < 1.29 is 14.6 Å². The van der Waals surface area contributed by atoms with Crippen LogP contribution in [0.15, 0.2) is 48.5 Å². The molecule has 1 atom stereocenters. The first-order chi connectivity index (χ1) is 14.7. The highest BCUT2D eigenvalue weighted by Gasteiger charge is 2.25. The summed E-state index contributed by atoms with van der Waals surface area (Å²) in [6.07, 6.45) is 5.98. The Labute approximate surface area is 192 Å². The predicted molar refractivity (Wildman–Crippen MR) is 126 cm³/mol. The summed E-state index contributed by atoms with van der Waals surface area (Å²) < 4.78 is 6.03. The summed E-state index contributed by atoms with van der Waals surface area (Å²) in [6, 6.07) is 17.7. The zero-order valence-corrected chi connectivity index (χ0v) is 19.0. The SMILES string of the molecule is Cl.O=C(O)[C@@H]1CCCN(CCCOCCC2c3ccccc3CCc3ccccc32)C1. The lowest BCUT2D eigenvalue weighted by Gasteiger charge is -2.30. The largest absolute Gasteiger partial charge is 0.481 e. The standard InChI is InChI=1S/C26H33NO3.ClH/c28-26(29)22-9-5-15-27(19-22)16-6-17-30-18-14-25-23-10-3-1-7-20(23)12-13-21-8-2-4-11-24(21)25;/h1-4,7-8,10-11,22,25H,5-6,9,12-19H2,(H,28,29);1H/t22-;/m1./s1. The predicted octanol–water partition coefficient (Wildman–Crippen LogP) is 4.93. The molecule has 0 radical (unpaired) electrons. The molecule has 1 N–H and O–H groups in total. The normalized spacial score (nSPS) is 19.0. The quantitative estimate of drug-likeness (QED) is 0.587. The van der Waals surface area contributed by atoms with Crippen molar-refractivity contribution in [3.8, 4) is 0 Å². The first-order valence-corrected chi connectivity index (χ1v) is 11.4. The molecule has 0 bridgehead atoms. The van der Waals surface area contributed by atoms with Crippen molar-refractivity contribution >= 4 is 18.4 Å². The van der Waals surface area contributed by atoms with E-state index in [2.05, 4.69) is 53.4 Å². The summed E-state index contributed by atoms with van der Waals surface area (Å²) in [7, 11) is 0. The Hall–Kier alpha value is -1.88. The zero-order valence-electron chi connectivity index (χ0n) is 18.2. The number of aliphatic carboxylic acids is 1. The molecule has 0 aromatic heterocycles. The summed E-state index contributed by atoms with van der Waals surface area (Å²) in [6.45, 7) is 4.12.